The summed E-state index contributed by atoms with van der Waals surface area (Å²) < 4.78 is 0. The number of rotatable bonds is 5. The van der Waals surface area contributed by atoms with Gasteiger partial charge in [-0.1, -0.05) is 18.2 Å². The molecule has 0 spiro atoms. The first-order valence-electron chi connectivity index (χ1n) is 6.42. The van der Waals surface area contributed by atoms with E-state index >= 15 is 0 Å². The van der Waals surface area contributed by atoms with E-state index in [0.29, 0.717) is 29.7 Å². The Hall–Kier alpha value is -1.05. The zero-order valence-electron chi connectivity index (χ0n) is 9.64. The minimum absolute atomic E-state index is 0.356. The molecular weight excluding hydrogens is 198 g/mol. The minimum atomic E-state index is 0.356. The summed E-state index contributed by atoms with van der Waals surface area (Å²) in [6.45, 7) is 4.68. The summed E-state index contributed by atoms with van der Waals surface area (Å²) >= 11 is 0. The van der Waals surface area contributed by atoms with Crippen molar-refractivity contribution in [1.29, 1.82) is 0 Å². The van der Waals surface area contributed by atoms with Crippen molar-refractivity contribution >= 4 is 5.91 Å². The van der Waals surface area contributed by atoms with Crippen LogP contribution >= 0.6 is 0 Å². The lowest BCUT2D eigenvalue weighted by molar-refractivity contribution is -0.157. The average molecular weight is 217 g/mol. The second kappa shape index (κ2) is 3.76. The largest absolute Gasteiger partial charge is 0.338 e. The highest BCUT2D eigenvalue weighted by Gasteiger charge is 2.59. The summed E-state index contributed by atoms with van der Waals surface area (Å²) in [6, 6.07) is 0.561. The summed E-state index contributed by atoms with van der Waals surface area (Å²) in [5, 5.41) is 0. The van der Waals surface area contributed by atoms with E-state index < -0.39 is 0 Å². The van der Waals surface area contributed by atoms with Crippen LogP contribution in [0.2, 0.25) is 0 Å². The first kappa shape index (κ1) is 10.1. The fourth-order valence-corrected chi connectivity index (χ4v) is 3.64. The molecule has 0 aromatic carbocycles. The van der Waals surface area contributed by atoms with E-state index in [4.69, 9.17) is 0 Å². The number of β-lactam (4-membered cyclic amide) rings is 1. The fraction of sp³-hybridized carbons (Fsp3) is 0.643. The molecule has 2 heteroatoms. The van der Waals surface area contributed by atoms with Gasteiger partial charge in [0.05, 0.1) is 12.0 Å². The van der Waals surface area contributed by atoms with Gasteiger partial charge in [-0.15, -0.1) is 6.58 Å². The van der Waals surface area contributed by atoms with Crippen molar-refractivity contribution in [2.45, 2.75) is 31.7 Å². The molecule has 0 aromatic heterocycles. The van der Waals surface area contributed by atoms with Crippen LogP contribution in [0, 0.1) is 17.8 Å². The van der Waals surface area contributed by atoms with Crippen LogP contribution in [0.4, 0.5) is 0 Å². The maximum absolute atomic E-state index is 12.0. The standard InChI is InChI=1S/C14H19NO/c1-2-3-4-5-8-15-13-11-7-6-10(9-11)12(13)14(15)16/h2,6-7,10-13H,1,3-5,8-9H2/t10-,11+,12+,13-/m1/s1. The lowest BCUT2D eigenvalue weighted by Crippen LogP contribution is -2.62. The summed E-state index contributed by atoms with van der Waals surface area (Å²) in [5.41, 5.74) is 0. The molecule has 1 aliphatic heterocycles. The third-order valence-electron chi connectivity index (χ3n) is 4.40. The van der Waals surface area contributed by atoms with Crippen molar-refractivity contribution in [3.8, 4) is 0 Å². The number of carbonyl (C=O) groups is 1. The van der Waals surface area contributed by atoms with Gasteiger partial charge in [0, 0.05) is 6.54 Å². The normalized spacial score (nSPS) is 38.8. The minimum Gasteiger partial charge on any atom is -0.338 e. The second-order valence-corrected chi connectivity index (χ2v) is 5.28. The Morgan fingerprint density at radius 3 is 3.00 bits per heavy atom. The van der Waals surface area contributed by atoms with Gasteiger partial charge in [-0.05, 0) is 37.5 Å². The summed E-state index contributed by atoms with van der Waals surface area (Å²) in [6.07, 6.45) is 11.1. The quantitative estimate of drug-likeness (QED) is 0.393. The molecule has 3 rings (SSSR count). The van der Waals surface area contributed by atoms with E-state index in [1.165, 1.54) is 6.42 Å². The Bertz CT molecular complexity index is 347. The number of carbonyl (C=O) groups excluding carboxylic acids is 1. The van der Waals surface area contributed by atoms with Crippen molar-refractivity contribution in [1.82, 2.24) is 4.90 Å². The van der Waals surface area contributed by atoms with E-state index in [-0.39, 0.29) is 0 Å². The molecule has 16 heavy (non-hydrogen) atoms. The highest BCUT2D eigenvalue weighted by atomic mass is 16.2. The number of amides is 1. The van der Waals surface area contributed by atoms with Crippen LogP contribution in [0.1, 0.15) is 25.7 Å². The van der Waals surface area contributed by atoms with Crippen molar-refractivity contribution in [2.24, 2.45) is 17.8 Å². The second-order valence-electron chi connectivity index (χ2n) is 5.28. The van der Waals surface area contributed by atoms with Gasteiger partial charge in [0.2, 0.25) is 5.91 Å². The van der Waals surface area contributed by atoms with Gasteiger partial charge in [0.1, 0.15) is 0 Å². The van der Waals surface area contributed by atoms with Crippen LogP contribution in [-0.2, 0) is 4.79 Å². The van der Waals surface area contributed by atoms with Crippen LogP contribution in [0.3, 0.4) is 0 Å². The molecule has 2 bridgehead atoms. The van der Waals surface area contributed by atoms with Crippen LogP contribution in [0.25, 0.3) is 0 Å². The van der Waals surface area contributed by atoms with E-state index in [2.05, 4.69) is 23.6 Å². The van der Waals surface area contributed by atoms with Crippen LogP contribution in [0.15, 0.2) is 24.8 Å². The van der Waals surface area contributed by atoms with Gasteiger partial charge in [0.15, 0.2) is 0 Å². The summed E-state index contributed by atoms with van der Waals surface area (Å²) in [7, 11) is 0. The van der Waals surface area contributed by atoms with E-state index in [1.807, 2.05) is 6.08 Å². The number of hydrogen-bond acceptors (Lipinski definition) is 1. The van der Waals surface area contributed by atoms with Gasteiger partial charge in [-0.2, -0.15) is 0 Å². The molecule has 2 nitrogen and oxygen atoms in total. The van der Waals surface area contributed by atoms with Crippen molar-refractivity contribution < 1.29 is 4.79 Å². The molecule has 0 unspecified atom stereocenters. The Labute approximate surface area is 97.0 Å². The van der Waals surface area contributed by atoms with Crippen molar-refractivity contribution in [2.75, 3.05) is 6.54 Å². The molecule has 0 N–H and O–H groups in total. The molecule has 1 heterocycles. The lowest BCUT2D eigenvalue weighted by Gasteiger charge is -2.48. The number of allylic oxidation sites excluding steroid dienone is 2. The Balaban J connectivity index is 1.56. The molecule has 1 saturated heterocycles. The molecule has 0 aromatic rings. The topological polar surface area (TPSA) is 20.3 Å². The Morgan fingerprint density at radius 2 is 2.19 bits per heavy atom. The first-order chi connectivity index (χ1) is 7.83. The smallest absolute Gasteiger partial charge is 0.228 e. The molecule has 3 aliphatic rings. The van der Waals surface area contributed by atoms with Crippen molar-refractivity contribution in [3.05, 3.63) is 24.8 Å². The monoisotopic (exact) mass is 217 g/mol. The molecule has 86 valence electrons. The van der Waals surface area contributed by atoms with E-state index in [0.717, 1.165) is 25.8 Å². The summed E-state index contributed by atoms with van der Waals surface area (Å²) in [4.78, 5) is 14.1. The molecule has 0 radical (unpaired) electrons. The highest BCUT2D eigenvalue weighted by Crippen LogP contribution is 2.52. The third-order valence-corrected chi connectivity index (χ3v) is 4.40. The highest BCUT2D eigenvalue weighted by molar-refractivity contribution is 5.88. The van der Waals surface area contributed by atoms with Crippen LogP contribution in [0.5, 0.6) is 0 Å². The van der Waals surface area contributed by atoms with Gasteiger partial charge in [-0.3, -0.25) is 4.79 Å². The average Bonchev–Trinajstić information content (AvgIpc) is 2.85. The van der Waals surface area contributed by atoms with Crippen LogP contribution in [-0.4, -0.2) is 23.4 Å². The SMILES string of the molecule is C=CCCCCN1C(=O)[C@@H]2[C@H]1[C@H]1C=C[C@@H]2C1. The molecule has 1 amide bonds. The number of fused-ring (bicyclic) bond motifs is 5. The van der Waals surface area contributed by atoms with Gasteiger partial charge < -0.3 is 4.90 Å². The molecule has 1 saturated carbocycles. The first-order valence-corrected chi connectivity index (χ1v) is 6.42. The Morgan fingerprint density at radius 1 is 1.38 bits per heavy atom. The third kappa shape index (κ3) is 1.28. The predicted molar refractivity (Wildman–Crippen MR) is 63.8 cm³/mol. The number of likely N-dealkylation sites (tertiary alicyclic amines) is 1. The maximum Gasteiger partial charge on any atom is 0.228 e. The van der Waals surface area contributed by atoms with Gasteiger partial charge in [-0.25, -0.2) is 0 Å². The summed E-state index contributed by atoms with van der Waals surface area (Å²) in [5.74, 6) is 2.02. The van der Waals surface area contributed by atoms with E-state index in [1.54, 1.807) is 0 Å². The zero-order valence-corrected chi connectivity index (χ0v) is 9.64. The molecule has 4 atom stereocenters. The van der Waals surface area contributed by atoms with Crippen molar-refractivity contribution in [3.63, 3.8) is 0 Å². The van der Waals surface area contributed by atoms with E-state index in [9.17, 15) is 4.79 Å². The lowest BCUT2D eigenvalue weighted by atomic mass is 9.79. The van der Waals surface area contributed by atoms with Crippen LogP contribution < -0.4 is 0 Å². The molecule has 2 aliphatic carbocycles. The maximum atomic E-state index is 12.0. The fourth-order valence-electron chi connectivity index (χ4n) is 3.64. The Kier molecular flexibility index (Phi) is 2.38. The number of unbranched alkanes of at least 4 members (excludes halogenated alkanes) is 2. The molecular formula is C14H19NO. The number of hydrogen-bond donors (Lipinski definition) is 0. The van der Waals surface area contributed by atoms with Gasteiger partial charge in [0.25, 0.3) is 0 Å². The molecule has 2 fully saturated rings. The predicted octanol–water partition coefficient (Wildman–Crippen LogP) is 2.38. The van der Waals surface area contributed by atoms with Gasteiger partial charge >= 0.3 is 0 Å². The zero-order chi connectivity index (χ0) is 11.1. The number of nitrogens with zero attached hydrogens (tertiary/aromatic N) is 1.